The van der Waals surface area contributed by atoms with Gasteiger partial charge >= 0.3 is 5.97 Å². The number of aryl methyl sites for hydroxylation is 1. The number of aromatic nitrogens is 1. The number of hydrogen-bond acceptors (Lipinski definition) is 4. The predicted octanol–water partition coefficient (Wildman–Crippen LogP) is 4.18. The quantitative estimate of drug-likeness (QED) is 0.534. The number of Topliss-reactive ketones (excluding diaryl/α,β-unsaturated/α-hetero) is 1. The molecule has 0 radical (unpaired) electrons. The molecular weight excluding hydrogens is 368 g/mol. The second-order valence-electron chi connectivity index (χ2n) is 7.60. The lowest BCUT2D eigenvalue weighted by atomic mass is 9.98. The Labute approximate surface area is 172 Å². The summed E-state index contributed by atoms with van der Waals surface area (Å²) in [4.78, 5) is 43.2. The first-order valence-electron chi connectivity index (χ1n) is 9.95. The van der Waals surface area contributed by atoms with Crippen molar-refractivity contribution in [3.63, 3.8) is 0 Å². The molecule has 1 N–H and O–H groups in total. The number of carbonyl (C=O) groups is 3. The van der Waals surface area contributed by atoms with Gasteiger partial charge in [0.1, 0.15) is 5.69 Å². The topological polar surface area (TPSA) is 79.5 Å². The van der Waals surface area contributed by atoms with Gasteiger partial charge < -0.3 is 14.6 Å². The van der Waals surface area contributed by atoms with E-state index in [4.69, 9.17) is 4.74 Å². The fourth-order valence-electron chi connectivity index (χ4n) is 3.43. The van der Waals surface area contributed by atoms with Gasteiger partial charge in [-0.2, -0.15) is 0 Å². The molecule has 6 nitrogen and oxygen atoms in total. The third kappa shape index (κ3) is 4.94. The highest BCUT2D eigenvalue weighted by molar-refractivity contribution is 6.07. The van der Waals surface area contributed by atoms with Crippen LogP contribution in [0.4, 0.5) is 0 Å². The van der Waals surface area contributed by atoms with E-state index in [0.717, 1.165) is 0 Å². The first-order valence-corrected chi connectivity index (χ1v) is 9.95. The van der Waals surface area contributed by atoms with Crippen LogP contribution >= 0.6 is 0 Å². The molecule has 2 aromatic rings. The number of H-pyrrole nitrogens is 1. The Bertz CT molecular complexity index is 884. The maximum Gasteiger partial charge on any atom is 0.355 e. The minimum absolute atomic E-state index is 0.184. The lowest BCUT2D eigenvalue weighted by Gasteiger charge is -2.30. The van der Waals surface area contributed by atoms with E-state index >= 15 is 0 Å². The van der Waals surface area contributed by atoms with Crippen molar-refractivity contribution in [1.29, 1.82) is 0 Å². The number of hydrogen-bond donors (Lipinski definition) is 1. The molecule has 2 rings (SSSR count). The molecule has 1 unspecified atom stereocenters. The molecule has 0 aliphatic heterocycles. The van der Waals surface area contributed by atoms with E-state index in [2.05, 4.69) is 4.98 Å². The molecule has 0 aliphatic rings. The number of ether oxygens (including phenoxy) is 1. The second kappa shape index (κ2) is 9.54. The molecule has 156 valence electrons. The molecule has 0 spiro atoms. The largest absolute Gasteiger partial charge is 0.461 e. The van der Waals surface area contributed by atoms with Gasteiger partial charge in [-0.05, 0) is 51.3 Å². The molecule has 6 heteroatoms. The Morgan fingerprint density at radius 1 is 1.07 bits per heavy atom. The molecule has 0 saturated carbocycles. The number of esters is 1. The van der Waals surface area contributed by atoms with Crippen LogP contribution in [0.25, 0.3) is 0 Å². The third-order valence-corrected chi connectivity index (χ3v) is 4.85. The summed E-state index contributed by atoms with van der Waals surface area (Å²) in [5.41, 5.74) is 2.41. The Kier molecular flexibility index (Phi) is 7.37. The zero-order valence-electron chi connectivity index (χ0n) is 18.0. The van der Waals surface area contributed by atoms with E-state index in [-0.39, 0.29) is 29.9 Å². The lowest BCUT2D eigenvalue weighted by molar-refractivity contribution is 0.0518. The molecule has 1 atom stereocenters. The van der Waals surface area contributed by atoms with Gasteiger partial charge in [0.05, 0.1) is 12.6 Å². The lowest BCUT2D eigenvalue weighted by Crippen LogP contribution is -2.45. The summed E-state index contributed by atoms with van der Waals surface area (Å²) in [6, 6.07) is 8.28. The normalized spacial score (nSPS) is 12.0. The highest BCUT2D eigenvalue weighted by Gasteiger charge is 2.32. The van der Waals surface area contributed by atoms with Gasteiger partial charge in [0, 0.05) is 23.4 Å². The van der Waals surface area contributed by atoms with Crippen molar-refractivity contribution in [2.45, 2.75) is 47.6 Å². The fraction of sp³-hybridized carbons (Fsp3) is 0.435. The van der Waals surface area contributed by atoms with Crippen LogP contribution in [0.3, 0.4) is 0 Å². The van der Waals surface area contributed by atoms with Crippen LogP contribution < -0.4 is 0 Å². The summed E-state index contributed by atoms with van der Waals surface area (Å²) in [7, 11) is 0. The average molecular weight is 399 g/mol. The molecule has 1 amide bonds. The highest BCUT2D eigenvalue weighted by atomic mass is 16.5. The standard InChI is InChI=1S/C23H30N2O4/c1-7-29-23(28)20-15(4)19(16(5)24-20)21(26)17(6)25(13-14(2)3)22(27)18-11-9-8-10-12-18/h8-12,14,17,24H,7,13H2,1-6H3. The van der Waals surface area contributed by atoms with Crippen LogP contribution in [-0.4, -0.2) is 46.7 Å². The van der Waals surface area contributed by atoms with E-state index in [1.807, 2.05) is 19.9 Å². The number of carbonyl (C=O) groups excluding carboxylic acids is 3. The number of nitrogens with one attached hydrogen (secondary N) is 1. The van der Waals surface area contributed by atoms with Gasteiger partial charge in [-0.25, -0.2) is 4.79 Å². The number of benzene rings is 1. The Hall–Kier alpha value is -2.89. The van der Waals surface area contributed by atoms with Gasteiger partial charge in [0.25, 0.3) is 5.91 Å². The molecule has 0 fully saturated rings. The number of ketones is 1. The Morgan fingerprint density at radius 3 is 2.24 bits per heavy atom. The van der Waals surface area contributed by atoms with Gasteiger partial charge in [-0.3, -0.25) is 9.59 Å². The van der Waals surface area contributed by atoms with E-state index in [9.17, 15) is 14.4 Å². The van der Waals surface area contributed by atoms with Crippen molar-refractivity contribution < 1.29 is 19.1 Å². The fourth-order valence-corrected chi connectivity index (χ4v) is 3.43. The average Bonchev–Trinajstić information content (AvgIpc) is 2.99. The number of amides is 1. The summed E-state index contributed by atoms with van der Waals surface area (Å²) < 4.78 is 5.07. The van der Waals surface area contributed by atoms with Crippen LogP contribution in [0.2, 0.25) is 0 Å². The van der Waals surface area contributed by atoms with Crippen LogP contribution in [0.1, 0.15) is 70.2 Å². The van der Waals surface area contributed by atoms with Crippen LogP contribution in [0.5, 0.6) is 0 Å². The zero-order chi connectivity index (χ0) is 21.7. The molecule has 1 aromatic carbocycles. The first kappa shape index (κ1) is 22.4. The zero-order valence-corrected chi connectivity index (χ0v) is 18.0. The molecule has 0 saturated heterocycles. The summed E-state index contributed by atoms with van der Waals surface area (Å²) in [5.74, 6) is -0.672. The van der Waals surface area contributed by atoms with E-state index in [1.54, 1.807) is 56.9 Å². The smallest absolute Gasteiger partial charge is 0.355 e. The second-order valence-corrected chi connectivity index (χ2v) is 7.60. The number of rotatable bonds is 8. The van der Waals surface area contributed by atoms with E-state index in [1.165, 1.54) is 0 Å². The number of aromatic amines is 1. The molecule has 1 aromatic heterocycles. The minimum Gasteiger partial charge on any atom is -0.461 e. The SMILES string of the molecule is CCOC(=O)c1[nH]c(C)c(C(=O)C(C)N(CC(C)C)C(=O)c2ccccc2)c1C. The van der Waals surface area contributed by atoms with Crippen molar-refractivity contribution in [3.8, 4) is 0 Å². The van der Waals surface area contributed by atoms with Gasteiger partial charge in [-0.15, -0.1) is 0 Å². The van der Waals surface area contributed by atoms with Gasteiger partial charge in [-0.1, -0.05) is 32.0 Å². The maximum absolute atomic E-state index is 13.4. The van der Waals surface area contributed by atoms with Crippen molar-refractivity contribution in [2.24, 2.45) is 5.92 Å². The Morgan fingerprint density at radius 2 is 1.69 bits per heavy atom. The monoisotopic (exact) mass is 398 g/mol. The summed E-state index contributed by atoms with van der Waals surface area (Å²) in [6.07, 6.45) is 0. The number of nitrogens with zero attached hydrogens (tertiary/aromatic N) is 1. The maximum atomic E-state index is 13.4. The highest BCUT2D eigenvalue weighted by Crippen LogP contribution is 2.23. The van der Waals surface area contributed by atoms with Crippen molar-refractivity contribution >= 4 is 17.7 Å². The summed E-state index contributed by atoms with van der Waals surface area (Å²) in [6.45, 7) is 11.7. The summed E-state index contributed by atoms with van der Waals surface area (Å²) in [5, 5.41) is 0. The molecule has 1 heterocycles. The van der Waals surface area contributed by atoms with Crippen LogP contribution in [-0.2, 0) is 4.74 Å². The third-order valence-electron chi connectivity index (χ3n) is 4.85. The molecule has 0 bridgehead atoms. The molecule has 0 aliphatic carbocycles. The van der Waals surface area contributed by atoms with Crippen molar-refractivity contribution in [2.75, 3.05) is 13.2 Å². The Balaban J connectivity index is 2.39. The predicted molar refractivity (Wildman–Crippen MR) is 112 cm³/mol. The van der Waals surface area contributed by atoms with Crippen molar-refractivity contribution in [1.82, 2.24) is 9.88 Å². The van der Waals surface area contributed by atoms with Gasteiger partial charge in [0.2, 0.25) is 0 Å². The first-order chi connectivity index (χ1) is 13.7. The minimum atomic E-state index is -0.673. The van der Waals surface area contributed by atoms with Crippen LogP contribution in [0.15, 0.2) is 30.3 Å². The molecule has 29 heavy (non-hydrogen) atoms. The van der Waals surface area contributed by atoms with Crippen molar-refractivity contribution in [3.05, 3.63) is 58.4 Å². The van der Waals surface area contributed by atoms with Crippen LogP contribution in [0, 0.1) is 19.8 Å². The van der Waals surface area contributed by atoms with Gasteiger partial charge in [0.15, 0.2) is 5.78 Å². The van der Waals surface area contributed by atoms with E-state index in [0.29, 0.717) is 28.9 Å². The molecular formula is C23H30N2O4. The summed E-state index contributed by atoms with van der Waals surface area (Å²) >= 11 is 0. The van der Waals surface area contributed by atoms with E-state index < -0.39 is 12.0 Å².